The Hall–Kier alpha value is -2.75. The number of imidazole rings is 1. The molecule has 44 heavy (non-hydrogen) atoms. The summed E-state index contributed by atoms with van der Waals surface area (Å²) in [6.45, 7) is 5.32. The van der Waals surface area contributed by atoms with Crippen LogP contribution in [0.3, 0.4) is 0 Å². The summed E-state index contributed by atoms with van der Waals surface area (Å²) < 4.78 is 112. The molecule has 1 N–H and O–H groups in total. The number of H-pyrrole nitrogens is 1. The van der Waals surface area contributed by atoms with Crippen molar-refractivity contribution in [2.45, 2.75) is 50.8 Å². The van der Waals surface area contributed by atoms with Gasteiger partial charge in [0, 0.05) is 32.7 Å². The van der Waals surface area contributed by atoms with Gasteiger partial charge in [-0.15, -0.1) is 0 Å². The van der Waals surface area contributed by atoms with Crippen molar-refractivity contribution in [2.75, 3.05) is 39.5 Å². The van der Waals surface area contributed by atoms with E-state index in [0.717, 1.165) is 18.8 Å². The van der Waals surface area contributed by atoms with Crippen molar-refractivity contribution in [3.8, 4) is 0 Å². The fourth-order valence-electron chi connectivity index (χ4n) is 5.35. The number of alkyl halides is 6. The number of aromatic amines is 1. The maximum Gasteiger partial charge on any atom is 0.416 e. The van der Waals surface area contributed by atoms with Gasteiger partial charge in [-0.25, -0.2) is 9.37 Å². The highest BCUT2D eigenvalue weighted by atomic mass is 35.5. The summed E-state index contributed by atoms with van der Waals surface area (Å²) in [4.78, 5) is 11.7. The molecule has 15 heteroatoms. The monoisotopic (exact) mass is 650 g/mol. The van der Waals surface area contributed by atoms with E-state index in [1.165, 1.54) is 31.2 Å². The first kappa shape index (κ1) is 32.6. The lowest BCUT2D eigenvalue weighted by molar-refractivity contribution is -0.231. The van der Waals surface area contributed by atoms with Crippen molar-refractivity contribution in [3.05, 3.63) is 87.2 Å². The molecule has 1 aromatic heterocycles. The average molecular weight is 651 g/mol. The second-order valence-electron chi connectivity index (χ2n) is 10.7. The van der Waals surface area contributed by atoms with Gasteiger partial charge in [-0.05, 0) is 60.0 Å². The Labute approximate surface area is 253 Å². The van der Waals surface area contributed by atoms with E-state index in [1.807, 2.05) is 4.90 Å². The molecule has 0 bridgehead atoms. The Kier molecular flexibility index (Phi) is 9.87. The maximum atomic E-state index is 13.9. The van der Waals surface area contributed by atoms with Crippen LogP contribution in [0.1, 0.15) is 52.7 Å². The van der Waals surface area contributed by atoms with Gasteiger partial charge in [-0.3, -0.25) is 9.80 Å². The van der Waals surface area contributed by atoms with E-state index in [1.54, 1.807) is 0 Å². The summed E-state index contributed by atoms with van der Waals surface area (Å²) in [5.41, 5.74) is -1.20. The first-order chi connectivity index (χ1) is 20.8. The standard InChI is InChI=1S/C29H30ClF7N4O3/c1-17(19-12-20(28(32,33)34)14-21(13-19)29(35,36)37)44-26-25(18-2-4-22(31)5-3-18)41(8-11-43-26)16-24-23(38-27(30)39-24)15-40-6-9-42-10-7-40/h2-5,12-14,17,25-26H,6-11,15-16H2,1H3,(H,38,39)/t17-,25?,26?/m1/s1. The summed E-state index contributed by atoms with van der Waals surface area (Å²) in [6, 6.07) is 6.18. The quantitative estimate of drug-likeness (QED) is 0.272. The number of rotatable bonds is 8. The Morgan fingerprint density at radius 2 is 1.59 bits per heavy atom. The van der Waals surface area contributed by atoms with Crippen LogP contribution in [-0.4, -0.2) is 65.5 Å². The molecular weight excluding hydrogens is 621 g/mol. The lowest BCUT2D eigenvalue weighted by atomic mass is 10.0. The fourth-order valence-corrected chi connectivity index (χ4v) is 5.56. The van der Waals surface area contributed by atoms with Crippen LogP contribution >= 0.6 is 11.6 Å². The Morgan fingerprint density at radius 3 is 2.20 bits per heavy atom. The van der Waals surface area contributed by atoms with Gasteiger partial charge in [-0.1, -0.05) is 12.1 Å². The van der Waals surface area contributed by atoms with Gasteiger partial charge in [0.05, 0.1) is 54.5 Å². The largest absolute Gasteiger partial charge is 0.416 e. The number of ether oxygens (including phenoxy) is 3. The van der Waals surface area contributed by atoms with Crippen molar-refractivity contribution in [3.63, 3.8) is 0 Å². The molecule has 2 unspecified atom stereocenters. The molecule has 0 amide bonds. The Bertz CT molecular complexity index is 1380. The van der Waals surface area contributed by atoms with Crippen LogP contribution in [0, 0.1) is 5.82 Å². The predicted octanol–water partition coefficient (Wildman–Crippen LogP) is 6.75. The molecule has 2 aromatic carbocycles. The Balaban J connectivity index is 1.43. The number of hydrogen-bond acceptors (Lipinski definition) is 6. The van der Waals surface area contributed by atoms with Crippen LogP contribution in [0.15, 0.2) is 42.5 Å². The van der Waals surface area contributed by atoms with Crippen LogP contribution in [0.5, 0.6) is 0 Å². The highest BCUT2D eigenvalue weighted by molar-refractivity contribution is 6.28. The van der Waals surface area contributed by atoms with Crippen LogP contribution < -0.4 is 0 Å². The third kappa shape index (κ3) is 7.90. The van der Waals surface area contributed by atoms with Crippen LogP contribution in [0.4, 0.5) is 30.7 Å². The summed E-state index contributed by atoms with van der Waals surface area (Å²) in [5.74, 6) is -0.488. The zero-order valence-electron chi connectivity index (χ0n) is 23.5. The van der Waals surface area contributed by atoms with Gasteiger partial charge in [0.1, 0.15) is 5.82 Å². The summed E-state index contributed by atoms with van der Waals surface area (Å²) in [6.07, 6.45) is -12.4. The number of aromatic nitrogens is 2. The number of halogens is 8. The number of hydrogen-bond donors (Lipinski definition) is 1. The third-order valence-electron chi connectivity index (χ3n) is 7.61. The number of nitrogens with zero attached hydrogens (tertiary/aromatic N) is 3. The molecule has 0 spiro atoms. The highest BCUT2D eigenvalue weighted by Crippen LogP contribution is 2.40. The van der Waals surface area contributed by atoms with Gasteiger partial charge in [0.25, 0.3) is 0 Å². The molecule has 3 atom stereocenters. The van der Waals surface area contributed by atoms with E-state index < -0.39 is 47.7 Å². The topological polar surface area (TPSA) is 62.9 Å². The molecule has 2 aliphatic rings. The SMILES string of the molecule is C[C@@H](OC1OCCN(Cc2nc(Cl)[nH]c2CN2CCOCC2)C1c1ccc(F)cc1)c1cc(C(F)(F)F)cc(C(F)(F)F)c1. The molecule has 0 aliphatic carbocycles. The second kappa shape index (κ2) is 13.3. The van der Waals surface area contributed by atoms with E-state index >= 15 is 0 Å². The van der Waals surface area contributed by atoms with E-state index in [2.05, 4.69) is 14.9 Å². The first-order valence-electron chi connectivity index (χ1n) is 13.9. The van der Waals surface area contributed by atoms with E-state index in [4.69, 9.17) is 25.8 Å². The second-order valence-corrected chi connectivity index (χ2v) is 11.0. The lowest BCUT2D eigenvalue weighted by Gasteiger charge is -2.42. The van der Waals surface area contributed by atoms with Crippen molar-refractivity contribution in [2.24, 2.45) is 0 Å². The molecule has 240 valence electrons. The molecular formula is C29H30ClF7N4O3. The summed E-state index contributed by atoms with van der Waals surface area (Å²) in [7, 11) is 0. The predicted molar refractivity (Wildman–Crippen MR) is 145 cm³/mol. The molecule has 5 rings (SSSR count). The number of nitrogens with one attached hydrogen (secondary N) is 1. The van der Waals surface area contributed by atoms with Gasteiger partial charge in [-0.2, -0.15) is 26.3 Å². The summed E-state index contributed by atoms with van der Waals surface area (Å²) in [5, 5.41) is 0.196. The molecule has 2 saturated heterocycles. The van der Waals surface area contributed by atoms with E-state index in [-0.39, 0.29) is 30.1 Å². The fraction of sp³-hybridized carbons (Fsp3) is 0.483. The van der Waals surface area contributed by atoms with Crippen molar-refractivity contribution in [1.82, 2.24) is 19.8 Å². The van der Waals surface area contributed by atoms with Crippen molar-refractivity contribution in [1.29, 1.82) is 0 Å². The molecule has 0 radical (unpaired) electrons. The first-order valence-corrected chi connectivity index (χ1v) is 14.2. The average Bonchev–Trinajstić information content (AvgIpc) is 3.31. The molecule has 7 nitrogen and oxygen atoms in total. The molecule has 0 saturated carbocycles. The zero-order chi connectivity index (χ0) is 31.6. The molecule has 3 aromatic rings. The molecule has 2 aliphatic heterocycles. The highest BCUT2D eigenvalue weighted by Gasteiger charge is 2.39. The zero-order valence-corrected chi connectivity index (χ0v) is 24.3. The normalized spacial score (nSPS) is 21.5. The lowest BCUT2D eigenvalue weighted by Crippen LogP contribution is -2.46. The van der Waals surface area contributed by atoms with Gasteiger partial charge in [0.15, 0.2) is 6.29 Å². The van der Waals surface area contributed by atoms with Gasteiger partial charge in [0.2, 0.25) is 5.28 Å². The van der Waals surface area contributed by atoms with Crippen LogP contribution in [0.2, 0.25) is 5.28 Å². The Morgan fingerprint density at radius 1 is 0.955 bits per heavy atom. The number of benzene rings is 2. The smallest absolute Gasteiger partial charge is 0.379 e. The minimum Gasteiger partial charge on any atom is -0.379 e. The summed E-state index contributed by atoms with van der Waals surface area (Å²) >= 11 is 6.25. The maximum absolute atomic E-state index is 13.9. The minimum atomic E-state index is -5.01. The minimum absolute atomic E-state index is 0.0693. The van der Waals surface area contributed by atoms with Crippen molar-refractivity contribution >= 4 is 11.6 Å². The molecule has 3 heterocycles. The molecule has 2 fully saturated rings. The van der Waals surface area contributed by atoms with Crippen LogP contribution in [0.25, 0.3) is 0 Å². The van der Waals surface area contributed by atoms with Gasteiger partial charge >= 0.3 is 12.4 Å². The van der Waals surface area contributed by atoms with Gasteiger partial charge < -0.3 is 19.2 Å². The van der Waals surface area contributed by atoms with Crippen molar-refractivity contribution < 1.29 is 44.9 Å². The third-order valence-corrected chi connectivity index (χ3v) is 7.79. The number of morpholine rings is 2. The van der Waals surface area contributed by atoms with Crippen LogP contribution in [-0.2, 0) is 39.7 Å². The van der Waals surface area contributed by atoms with E-state index in [9.17, 15) is 30.7 Å². The van der Waals surface area contributed by atoms with E-state index in [0.29, 0.717) is 49.7 Å².